The van der Waals surface area contributed by atoms with Gasteiger partial charge < -0.3 is 15.3 Å². The van der Waals surface area contributed by atoms with E-state index in [1.54, 1.807) is 18.9 Å². The minimum absolute atomic E-state index is 0.138. The number of sulfonamides is 1. The van der Waals surface area contributed by atoms with E-state index in [0.29, 0.717) is 25.8 Å². The summed E-state index contributed by atoms with van der Waals surface area (Å²) < 4.78 is 26.5. The molecule has 3 aliphatic carbocycles. The van der Waals surface area contributed by atoms with Crippen molar-refractivity contribution in [3.8, 4) is 0 Å². The van der Waals surface area contributed by atoms with Gasteiger partial charge in [0.05, 0.1) is 23.2 Å². The van der Waals surface area contributed by atoms with Gasteiger partial charge in [0.2, 0.25) is 21.8 Å². The molecule has 0 heterocycles. The topological polar surface area (TPSA) is 133 Å². The molecule has 3 amide bonds. The first-order valence-electron chi connectivity index (χ1n) is 11.4. The molecule has 9 nitrogen and oxygen atoms in total. The molecule has 0 aromatic carbocycles. The van der Waals surface area contributed by atoms with Crippen LogP contribution in [-0.2, 0) is 24.4 Å². The zero-order valence-electron chi connectivity index (χ0n) is 18.9. The standard InChI is InChI=1S/C22H35N3O6S/c1-4-5-6-7-10-25(3)20(28)18-12-15(26)11-17(18)19(27)23-22(13-14(22)2)21(29)24-32(30,31)16-8-9-16/h4,14-18,26H,1,5-13H2,2-3H3,(H,23,27)(H,24,29)/t14-,15+,17-,18-,22-/m1/s1. The number of allylic oxidation sites excluding steroid dienone is 1. The van der Waals surface area contributed by atoms with Crippen LogP contribution in [0.15, 0.2) is 12.7 Å². The molecule has 0 spiro atoms. The quantitative estimate of drug-likeness (QED) is 0.301. The maximum absolute atomic E-state index is 13.1. The minimum Gasteiger partial charge on any atom is -0.393 e. The molecule has 3 N–H and O–H groups in total. The number of hydrogen-bond donors (Lipinski definition) is 3. The van der Waals surface area contributed by atoms with Crippen LogP contribution in [0.1, 0.15) is 58.3 Å². The van der Waals surface area contributed by atoms with Gasteiger partial charge in [0.25, 0.3) is 5.91 Å². The Morgan fingerprint density at radius 2 is 1.81 bits per heavy atom. The summed E-state index contributed by atoms with van der Waals surface area (Å²) in [6, 6.07) is 0. The highest BCUT2D eigenvalue weighted by molar-refractivity contribution is 7.91. The Labute approximate surface area is 190 Å². The molecule has 5 atom stereocenters. The molecule has 10 heteroatoms. The molecule has 0 unspecified atom stereocenters. The fourth-order valence-electron chi connectivity index (χ4n) is 4.57. The smallest absolute Gasteiger partial charge is 0.259 e. The molecule has 32 heavy (non-hydrogen) atoms. The average molecular weight is 470 g/mol. The summed E-state index contributed by atoms with van der Waals surface area (Å²) in [5.74, 6) is -3.04. The summed E-state index contributed by atoms with van der Waals surface area (Å²) in [7, 11) is -2.03. The third-order valence-corrected chi connectivity index (χ3v) is 8.80. The fraction of sp³-hybridized carbons (Fsp3) is 0.773. The molecular formula is C22H35N3O6S. The zero-order chi connectivity index (χ0) is 23.7. The van der Waals surface area contributed by atoms with Gasteiger partial charge in [-0.05, 0) is 57.3 Å². The average Bonchev–Trinajstić information content (AvgIpc) is 3.63. The lowest BCUT2D eigenvalue weighted by Crippen LogP contribution is -2.54. The van der Waals surface area contributed by atoms with Crippen LogP contribution in [0.5, 0.6) is 0 Å². The van der Waals surface area contributed by atoms with Crippen molar-refractivity contribution in [2.75, 3.05) is 13.6 Å². The first kappa shape index (κ1) is 24.7. The number of rotatable bonds is 11. The lowest BCUT2D eigenvalue weighted by molar-refractivity contribution is -0.140. The highest BCUT2D eigenvalue weighted by Crippen LogP contribution is 2.45. The molecule has 0 bridgehead atoms. The Hall–Kier alpha value is -1.94. The molecule has 0 saturated heterocycles. The largest absolute Gasteiger partial charge is 0.393 e. The number of nitrogens with zero attached hydrogens (tertiary/aromatic N) is 1. The Morgan fingerprint density at radius 3 is 2.38 bits per heavy atom. The van der Waals surface area contributed by atoms with Crippen molar-refractivity contribution >= 4 is 27.7 Å². The molecule has 0 radical (unpaired) electrons. The van der Waals surface area contributed by atoms with Crippen molar-refractivity contribution in [3.05, 3.63) is 12.7 Å². The van der Waals surface area contributed by atoms with E-state index in [4.69, 9.17) is 0 Å². The first-order chi connectivity index (χ1) is 15.0. The lowest BCUT2D eigenvalue weighted by Gasteiger charge is -2.26. The predicted molar refractivity (Wildman–Crippen MR) is 119 cm³/mol. The second-order valence-corrected chi connectivity index (χ2v) is 11.6. The second-order valence-electron chi connectivity index (χ2n) is 9.62. The molecule has 0 aromatic rings. The van der Waals surface area contributed by atoms with Gasteiger partial charge in [0.1, 0.15) is 5.54 Å². The van der Waals surface area contributed by atoms with E-state index in [9.17, 15) is 27.9 Å². The van der Waals surface area contributed by atoms with Crippen LogP contribution in [0.25, 0.3) is 0 Å². The van der Waals surface area contributed by atoms with Gasteiger partial charge in [0.15, 0.2) is 0 Å². The number of aliphatic hydroxyl groups is 1. The lowest BCUT2D eigenvalue weighted by atomic mass is 9.93. The molecule has 0 aromatic heterocycles. The molecule has 3 aliphatic rings. The van der Waals surface area contributed by atoms with Gasteiger partial charge in [-0.15, -0.1) is 6.58 Å². The highest BCUT2D eigenvalue weighted by Gasteiger charge is 2.61. The summed E-state index contributed by atoms with van der Waals surface area (Å²) in [6.45, 7) is 6.00. The van der Waals surface area contributed by atoms with Crippen LogP contribution in [0.3, 0.4) is 0 Å². The number of aliphatic hydroxyl groups excluding tert-OH is 1. The van der Waals surface area contributed by atoms with Gasteiger partial charge in [-0.3, -0.25) is 19.1 Å². The monoisotopic (exact) mass is 469 g/mol. The number of nitrogens with one attached hydrogen (secondary N) is 2. The Kier molecular flexibility index (Phi) is 7.34. The van der Waals surface area contributed by atoms with Gasteiger partial charge in [0, 0.05) is 13.6 Å². The number of hydrogen-bond acceptors (Lipinski definition) is 6. The third-order valence-electron chi connectivity index (χ3n) is 6.98. The summed E-state index contributed by atoms with van der Waals surface area (Å²) >= 11 is 0. The molecule has 3 rings (SSSR count). The maximum atomic E-state index is 13.1. The van der Waals surface area contributed by atoms with E-state index in [-0.39, 0.29) is 24.7 Å². The maximum Gasteiger partial charge on any atom is 0.259 e. The van der Waals surface area contributed by atoms with Crippen molar-refractivity contribution in [2.24, 2.45) is 17.8 Å². The van der Waals surface area contributed by atoms with Gasteiger partial charge >= 0.3 is 0 Å². The van der Waals surface area contributed by atoms with Gasteiger partial charge in [-0.1, -0.05) is 13.0 Å². The normalized spacial score (nSPS) is 31.6. The fourth-order valence-corrected chi connectivity index (χ4v) is 5.93. The highest BCUT2D eigenvalue weighted by atomic mass is 32.2. The first-order valence-corrected chi connectivity index (χ1v) is 13.0. The molecule has 180 valence electrons. The van der Waals surface area contributed by atoms with Crippen LogP contribution < -0.4 is 10.0 Å². The summed E-state index contributed by atoms with van der Waals surface area (Å²) in [5, 5.41) is 12.4. The Bertz CT molecular complexity index is 871. The van der Waals surface area contributed by atoms with Crippen LogP contribution >= 0.6 is 0 Å². The van der Waals surface area contributed by atoms with Crippen LogP contribution in [0, 0.1) is 17.8 Å². The van der Waals surface area contributed by atoms with E-state index in [2.05, 4.69) is 16.6 Å². The van der Waals surface area contributed by atoms with Crippen molar-refractivity contribution in [1.29, 1.82) is 0 Å². The second kappa shape index (κ2) is 9.51. The predicted octanol–water partition coefficient (Wildman–Crippen LogP) is 0.691. The Morgan fingerprint density at radius 1 is 1.19 bits per heavy atom. The van der Waals surface area contributed by atoms with Crippen LogP contribution in [0.2, 0.25) is 0 Å². The summed E-state index contributed by atoms with van der Waals surface area (Å²) in [5.41, 5.74) is -1.28. The minimum atomic E-state index is -3.72. The van der Waals surface area contributed by atoms with E-state index >= 15 is 0 Å². The molecule has 0 aliphatic heterocycles. The van der Waals surface area contributed by atoms with E-state index in [1.807, 2.05) is 6.08 Å². The molecule has 3 saturated carbocycles. The summed E-state index contributed by atoms with van der Waals surface area (Å²) in [4.78, 5) is 40.4. The van der Waals surface area contributed by atoms with E-state index in [0.717, 1.165) is 19.3 Å². The number of carbonyl (C=O) groups excluding carboxylic acids is 3. The van der Waals surface area contributed by atoms with Gasteiger partial charge in [-0.2, -0.15) is 0 Å². The van der Waals surface area contributed by atoms with Crippen LogP contribution in [-0.4, -0.2) is 66.6 Å². The van der Waals surface area contributed by atoms with Crippen molar-refractivity contribution < 1.29 is 27.9 Å². The van der Waals surface area contributed by atoms with Crippen molar-refractivity contribution in [1.82, 2.24) is 14.9 Å². The summed E-state index contributed by atoms with van der Waals surface area (Å²) in [6.07, 6.45) is 5.38. The SMILES string of the molecule is C=CCCCCN(C)C(=O)[C@@H]1C[C@@H](O)C[C@H]1C(=O)N[C@]1(C(=O)NS(=O)(=O)C2CC2)C[C@H]1C. The molecule has 3 fully saturated rings. The van der Waals surface area contributed by atoms with Gasteiger partial charge in [-0.25, -0.2) is 8.42 Å². The third kappa shape index (κ3) is 5.33. The van der Waals surface area contributed by atoms with E-state index in [1.165, 1.54) is 0 Å². The molecular weight excluding hydrogens is 434 g/mol. The Balaban J connectivity index is 1.63. The van der Waals surface area contributed by atoms with Crippen molar-refractivity contribution in [3.63, 3.8) is 0 Å². The van der Waals surface area contributed by atoms with E-state index < -0.39 is 50.6 Å². The number of carbonyl (C=O) groups is 3. The number of amides is 3. The zero-order valence-corrected chi connectivity index (χ0v) is 19.7. The van der Waals surface area contributed by atoms with Crippen molar-refractivity contribution in [2.45, 2.75) is 75.2 Å². The van der Waals surface area contributed by atoms with Crippen LogP contribution in [0.4, 0.5) is 0 Å². The number of unbranched alkanes of at least 4 members (excludes halogenated alkanes) is 2.